The summed E-state index contributed by atoms with van der Waals surface area (Å²) in [6, 6.07) is 11.7. The number of aromatic amines is 1. The van der Waals surface area contributed by atoms with Crippen molar-refractivity contribution in [1.29, 1.82) is 0 Å². The number of Topliss-reactive ketones (excluding diaryl/α,β-unsaturated/α-hetero) is 1. The molecule has 3 aromatic rings. The van der Waals surface area contributed by atoms with E-state index in [1.165, 1.54) is 0 Å². The fourth-order valence-corrected chi connectivity index (χ4v) is 6.09. The Kier molecular flexibility index (Phi) is 6.49. The maximum absolute atomic E-state index is 14.0. The van der Waals surface area contributed by atoms with Crippen LogP contribution in [-0.4, -0.2) is 48.1 Å². The highest BCUT2D eigenvalue weighted by Crippen LogP contribution is 2.48. The number of ketones is 1. The Morgan fingerprint density at radius 2 is 1.89 bits per heavy atom. The van der Waals surface area contributed by atoms with Crippen LogP contribution in [0.4, 0.5) is 0 Å². The number of H-pyrrole nitrogens is 1. The number of para-hydroxylation sites is 1. The molecule has 2 atom stereocenters. The Hall–Kier alpha value is -3.91. The summed E-state index contributed by atoms with van der Waals surface area (Å²) in [4.78, 5) is 35.3. The number of hydrogen-bond acceptors (Lipinski definition) is 7. The molecule has 196 valence electrons. The predicted molar refractivity (Wildman–Crippen MR) is 142 cm³/mol. The number of carbonyl (C=O) groups excluding carboxylic acids is 2. The van der Waals surface area contributed by atoms with Gasteiger partial charge >= 0.3 is 5.97 Å². The number of fused-ring (bicyclic) bond motifs is 1. The molecule has 8 nitrogen and oxygen atoms in total. The molecule has 0 unspecified atom stereocenters. The minimum atomic E-state index is -0.550. The molecular weight excluding hydrogens is 482 g/mol. The zero-order valence-electron chi connectivity index (χ0n) is 21.6. The van der Waals surface area contributed by atoms with Crippen molar-refractivity contribution >= 4 is 22.8 Å². The normalized spacial score (nSPS) is 22.3. The fraction of sp³-hybridized carbons (Fsp3) is 0.367. The third kappa shape index (κ3) is 4.28. The van der Waals surface area contributed by atoms with Crippen molar-refractivity contribution in [3.8, 4) is 5.75 Å². The highest BCUT2D eigenvalue weighted by Gasteiger charge is 2.43. The highest BCUT2D eigenvalue weighted by atomic mass is 16.6. The number of nitrogens with one attached hydrogen (secondary N) is 2. The largest absolute Gasteiger partial charge is 0.496 e. The van der Waals surface area contributed by atoms with Crippen LogP contribution in [0.15, 0.2) is 71.3 Å². The van der Waals surface area contributed by atoms with Gasteiger partial charge in [-0.25, -0.2) is 9.78 Å². The first-order chi connectivity index (χ1) is 18.5. The van der Waals surface area contributed by atoms with Gasteiger partial charge in [0.2, 0.25) is 0 Å². The number of allylic oxidation sites excluding steroid dienone is 3. The van der Waals surface area contributed by atoms with E-state index < -0.39 is 11.9 Å². The van der Waals surface area contributed by atoms with E-state index in [9.17, 15) is 9.59 Å². The van der Waals surface area contributed by atoms with Gasteiger partial charge in [-0.2, -0.15) is 0 Å². The van der Waals surface area contributed by atoms with E-state index in [2.05, 4.69) is 15.3 Å². The molecule has 2 N–H and O–H groups in total. The lowest BCUT2D eigenvalue weighted by atomic mass is 9.71. The number of rotatable bonds is 5. The molecule has 0 spiro atoms. The molecule has 0 amide bonds. The Bertz CT molecular complexity index is 1460. The predicted octanol–water partition coefficient (Wildman–Crippen LogP) is 4.66. The minimum Gasteiger partial charge on any atom is -0.496 e. The molecule has 0 radical (unpaired) electrons. The zero-order chi connectivity index (χ0) is 26.2. The number of esters is 1. The van der Waals surface area contributed by atoms with Crippen LogP contribution in [0, 0.1) is 0 Å². The minimum absolute atomic E-state index is 0.0176. The number of methoxy groups -OCH3 is 1. The Morgan fingerprint density at radius 1 is 1.08 bits per heavy atom. The topological polar surface area (TPSA) is 103 Å². The van der Waals surface area contributed by atoms with Crippen molar-refractivity contribution in [2.75, 3.05) is 20.3 Å². The smallest absolute Gasteiger partial charge is 0.337 e. The average Bonchev–Trinajstić information content (AvgIpc) is 3.42. The first-order valence-electron chi connectivity index (χ1n) is 13.1. The second-order valence-corrected chi connectivity index (χ2v) is 10.1. The van der Waals surface area contributed by atoms with Crippen LogP contribution in [0.1, 0.15) is 55.6 Å². The number of hydrogen-bond donors (Lipinski definition) is 2. The van der Waals surface area contributed by atoms with Crippen molar-refractivity contribution < 1.29 is 23.8 Å². The second-order valence-electron chi connectivity index (χ2n) is 10.1. The molecule has 38 heavy (non-hydrogen) atoms. The highest BCUT2D eigenvalue weighted by molar-refractivity contribution is 6.05. The molecule has 1 saturated heterocycles. The van der Waals surface area contributed by atoms with E-state index in [-0.39, 0.29) is 17.8 Å². The van der Waals surface area contributed by atoms with Crippen molar-refractivity contribution in [3.63, 3.8) is 0 Å². The van der Waals surface area contributed by atoms with Gasteiger partial charge in [0.05, 0.1) is 25.9 Å². The summed E-state index contributed by atoms with van der Waals surface area (Å²) < 4.78 is 17.0. The number of nitrogens with zero attached hydrogens (tertiary/aromatic N) is 1. The first-order valence-corrected chi connectivity index (χ1v) is 13.1. The van der Waals surface area contributed by atoms with Crippen LogP contribution in [0.5, 0.6) is 5.75 Å². The fourth-order valence-electron chi connectivity index (χ4n) is 6.09. The van der Waals surface area contributed by atoms with Gasteiger partial charge < -0.3 is 24.5 Å². The lowest BCUT2D eigenvalue weighted by Gasteiger charge is -2.37. The van der Waals surface area contributed by atoms with Crippen molar-refractivity contribution in [1.82, 2.24) is 15.3 Å². The molecule has 6 rings (SSSR count). The molecule has 4 heterocycles. The first kappa shape index (κ1) is 24.4. The van der Waals surface area contributed by atoms with Gasteiger partial charge in [0.15, 0.2) is 5.78 Å². The van der Waals surface area contributed by atoms with Crippen molar-refractivity contribution in [2.45, 2.75) is 50.5 Å². The Balaban J connectivity index is 1.44. The van der Waals surface area contributed by atoms with Gasteiger partial charge in [0.1, 0.15) is 17.5 Å². The third-order valence-electron chi connectivity index (χ3n) is 7.87. The molecule has 2 aromatic heterocycles. The molecule has 0 bridgehead atoms. The Morgan fingerprint density at radius 3 is 2.71 bits per heavy atom. The zero-order valence-corrected chi connectivity index (χ0v) is 21.6. The van der Waals surface area contributed by atoms with Crippen LogP contribution in [-0.2, 0) is 19.1 Å². The summed E-state index contributed by atoms with van der Waals surface area (Å²) >= 11 is 0. The maximum Gasteiger partial charge on any atom is 0.337 e. The van der Waals surface area contributed by atoms with Gasteiger partial charge in [-0.3, -0.25) is 4.79 Å². The van der Waals surface area contributed by atoms with Gasteiger partial charge in [0.25, 0.3) is 0 Å². The van der Waals surface area contributed by atoms with E-state index in [0.29, 0.717) is 61.4 Å². The van der Waals surface area contributed by atoms with Crippen LogP contribution >= 0.6 is 0 Å². The van der Waals surface area contributed by atoms with Gasteiger partial charge in [-0.05, 0) is 42.7 Å². The number of dihydropyridines is 1. The van der Waals surface area contributed by atoms with Crippen LogP contribution in [0.2, 0.25) is 0 Å². The summed E-state index contributed by atoms with van der Waals surface area (Å²) in [7, 11) is 1.65. The average molecular weight is 514 g/mol. The van der Waals surface area contributed by atoms with E-state index >= 15 is 0 Å². The Labute approximate surface area is 221 Å². The summed E-state index contributed by atoms with van der Waals surface area (Å²) in [5, 5.41) is 4.33. The lowest BCUT2D eigenvalue weighted by Crippen LogP contribution is -2.37. The van der Waals surface area contributed by atoms with Gasteiger partial charge in [0, 0.05) is 65.8 Å². The molecule has 0 saturated carbocycles. The molecule has 3 aliphatic rings. The van der Waals surface area contributed by atoms with E-state index in [0.717, 1.165) is 28.0 Å². The van der Waals surface area contributed by atoms with Crippen molar-refractivity contribution in [2.24, 2.45) is 0 Å². The number of aromatic nitrogens is 2. The van der Waals surface area contributed by atoms with Crippen LogP contribution in [0.3, 0.4) is 0 Å². The number of pyridine rings is 1. The van der Waals surface area contributed by atoms with Crippen LogP contribution < -0.4 is 10.1 Å². The van der Waals surface area contributed by atoms with Crippen molar-refractivity contribution in [3.05, 3.63) is 82.5 Å². The monoisotopic (exact) mass is 513 g/mol. The third-order valence-corrected chi connectivity index (χ3v) is 7.87. The number of carbonyl (C=O) groups is 2. The molecule has 8 heteroatoms. The summed E-state index contributed by atoms with van der Waals surface area (Å²) in [6.45, 7) is 3.04. The second kappa shape index (κ2) is 10.1. The lowest BCUT2D eigenvalue weighted by molar-refractivity contribution is -0.148. The van der Waals surface area contributed by atoms with E-state index in [4.69, 9.17) is 14.2 Å². The van der Waals surface area contributed by atoms with Crippen LogP contribution in [0.25, 0.3) is 11.0 Å². The molecule has 2 aliphatic heterocycles. The summed E-state index contributed by atoms with van der Waals surface area (Å²) in [5.74, 6) is -0.176. The number of ether oxygens (including phenoxy) is 3. The molecule has 1 aliphatic carbocycles. The van der Waals surface area contributed by atoms with E-state index in [1.54, 1.807) is 13.3 Å². The standard InChI is InChI=1S/C30H31N3O5/c1-17-26(30(35)38-19-9-13-37-14-10-19)27(21-7-11-31-29-22(21)8-12-32-29)28-23(33-17)15-18(16-24(28)34)20-5-3-4-6-25(20)36-2/h3-8,11-12,18-19,27,33H,9-10,13-16H2,1-2H3,(H,31,32)/t18-,27-/m1/s1. The molecular formula is C30H31N3O5. The summed E-state index contributed by atoms with van der Waals surface area (Å²) in [5.41, 5.74) is 5.27. The number of benzene rings is 1. The van der Waals surface area contributed by atoms with Gasteiger partial charge in [-0.15, -0.1) is 0 Å². The molecule has 1 aromatic carbocycles. The molecule has 1 fully saturated rings. The van der Waals surface area contributed by atoms with E-state index in [1.807, 2.05) is 49.5 Å². The SMILES string of the molecule is COc1ccccc1[C@H]1CC(=O)C2=C(C1)NC(C)=C(C(=O)OC1CCOCC1)[C@H]2c1ccnc2[nH]ccc12. The quantitative estimate of drug-likeness (QED) is 0.479. The summed E-state index contributed by atoms with van der Waals surface area (Å²) in [6.07, 6.45) is 5.65. The van der Waals surface area contributed by atoms with Gasteiger partial charge in [-0.1, -0.05) is 18.2 Å². The maximum atomic E-state index is 14.0.